The molecule has 2 nitrogen and oxygen atoms in total. The molecule has 1 saturated heterocycles. The number of aliphatic hydroxyl groups is 1. The molecule has 1 aliphatic carbocycles. The van der Waals surface area contributed by atoms with Crippen LogP contribution in [0.2, 0.25) is 0 Å². The Morgan fingerprint density at radius 3 is 2.60 bits per heavy atom. The van der Waals surface area contributed by atoms with Crippen LogP contribution in [0.15, 0.2) is 0 Å². The van der Waals surface area contributed by atoms with Gasteiger partial charge < -0.3 is 10.0 Å². The van der Waals surface area contributed by atoms with E-state index in [2.05, 4.69) is 11.9 Å². The van der Waals surface area contributed by atoms with Crippen LogP contribution in [-0.4, -0.2) is 35.7 Å². The molecule has 15 heavy (non-hydrogen) atoms. The Labute approximate surface area is 93.7 Å². The zero-order valence-electron chi connectivity index (χ0n) is 10.0. The van der Waals surface area contributed by atoms with E-state index in [0.717, 1.165) is 25.2 Å². The van der Waals surface area contributed by atoms with E-state index in [1.54, 1.807) is 0 Å². The van der Waals surface area contributed by atoms with E-state index in [9.17, 15) is 5.11 Å². The minimum absolute atomic E-state index is 0.304. The van der Waals surface area contributed by atoms with Crippen molar-refractivity contribution in [3.63, 3.8) is 0 Å². The van der Waals surface area contributed by atoms with Crippen molar-refractivity contribution >= 4 is 0 Å². The third-order valence-corrected chi connectivity index (χ3v) is 4.17. The van der Waals surface area contributed by atoms with Gasteiger partial charge in [0.05, 0.1) is 5.60 Å². The van der Waals surface area contributed by atoms with Crippen molar-refractivity contribution in [3.8, 4) is 0 Å². The van der Waals surface area contributed by atoms with Gasteiger partial charge in [-0.25, -0.2) is 0 Å². The Morgan fingerprint density at radius 2 is 1.93 bits per heavy atom. The molecule has 1 saturated carbocycles. The summed E-state index contributed by atoms with van der Waals surface area (Å²) in [5, 5.41) is 10.5. The standard InChI is InChI=1S/C13H25NO/c1-14-9-5-6-12(11-14)10-13(15)7-3-2-4-8-13/h12,15H,2-11H2,1H3. The van der Waals surface area contributed by atoms with Crippen molar-refractivity contribution in [2.75, 3.05) is 20.1 Å². The monoisotopic (exact) mass is 211 g/mol. The number of likely N-dealkylation sites (tertiary alicyclic amines) is 1. The normalized spacial score (nSPS) is 32.8. The molecule has 2 aliphatic rings. The van der Waals surface area contributed by atoms with Gasteiger partial charge in [-0.3, -0.25) is 0 Å². The molecule has 0 bridgehead atoms. The molecule has 0 spiro atoms. The van der Waals surface area contributed by atoms with Gasteiger partial charge in [-0.1, -0.05) is 19.3 Å². The molecule has 0 aromatic carbocycles. The lowest BCUT2D eigenvalue weighted by molar-refractivity contribution is -0.0256. The largest absolute Gasteiger partial charge is 0.390 e. The van der Waals surface area contributed by atoms with Crippen LogP contribution in [0.5, 0.6) is 0 Å². The molecule has 0 radical (unpaired) electrons. The second-order valence-corrected chi connectivity index (χ2v) is 5.76. The average molecular weight is 211 g/mol. The maximum absolute atomic E-state index is 10.5. The molecule has 1 atom stereocenters. The number of hydrogen-bond acceptors (Lipinski definition) is 2. The van der Waals surface area contributed by atoms with Gasteiger partial charge in [0.1, 0.15) is 0 Å². The van der Waals surface area contributed by atoms with Crippen LogP contribution in [0.25, 0.3) is 0 Å². The van der Waals surface area contributed by atoms with Crippen LogP contribution in [0.3, 0.4) is 0 Å². The van der Waals surface area contributed by atoms with Gasteiger partial charge in [0, 0.05) is 6.54 Å². The summed E-state index contributed by atoms with van der Waals surface area (Å²) in [6, 6.07) is 0. The SMILES string of the molecule is CN1CCCC(CC2(O)CCCCC2)C1. The summed E-state index contributed by atoms with van der Waals surface area (Å²) in [4.78, 5) is 2.42. The second-order valence-electron chi connectivity index (χ2n) is 5.76. The van der Waals surface area contributed by atoms with Crippen LogP contribution < -0.4 is 0 Å². The molecule has 2 heteroatoms. The fourth-order valence-electron chi connectivity index (χ4n) is 3.39. The zero-order chi connectivity index (χ0) is 10.7. The molecule has 1 heterocycles. The summed E-state index contributed by atoms with van der Waals surface area (Å²) in [5.41, 5.74) is -0.304. The van der Waals surface area contributed by atoms with Gasteiger partial charge in [-0.05, 0) is 51.6 Å². The number of nitrogens with zero attached hydrogens (tertiary/aromatic N) is 1. The lowest BCUT2D eigenvalue weighted by atomic mass is 9.77. The van der Waals surface area contributed by atoms with Gasteiger partial charge in [0.25, 0.3) is 0 Å². The van der Waals surface area contributed by atoms with Crippen molar-refractivity contribution in [2.45, 2.75) is 57.0 Å². The summed E-state index contributed by atoms with van der Waals surface area (Å²) in [7, 11) is 2.21. The lowest BCUT2D eigenvalue weighted by Crippen LogP contribution is -2.39. The van der Waals surface area contributed by atoms with Crippen LogP contribution in [-0.2, 0) is 0 Å². The van der Waals surface area contributed by atoms with E-state index in [4.69, 9.17) is 0 Å². The Morgan fingerprint density at radius 1 is 1.20 bits per heavy atom. The first-order chi connectivity index (χ1) is 7.18. The number of piperidine rings is 1. The van der Waals surface area contributed by atoms with Gasteiger partial charge >= 0.3 is 0 Å². The van der Waals surface area contributed by atoms with E-state index in [1.807, 2.05) is 0 Å². The van der Waals surface area contributed by atoms with E-state index >= 15 is 0 Å². The van der Waals surface area contributed by atoms with Crippen molar-refractivity contribution in [1.29, 1.82) is 0 Å². The van der Waals surface area contributed by atoms with Crippen LogP contribution in [0, 0.1) is 5.92 Å². The van der Waals surface area contributed by atoms with E-state index in [1.165, 1.54) is 45.2 Å². The van der Waals surface area contributed by atoms with Crippen LogP contribution >= 0.6 is 0 Å². The number of hydrogen-bond donors (Lipinski definition) is 1. The fraction of sp³-hybridized carbons (Fsp3) is 1.00. The average Bonchev–Trinajstić information content (AvgIpc) is 2.18. The molecule has 1 aliphatic heterocycles. The smallest absolute Gasteiger partial charge is 0.0651 e. The highest BCUT2D eigenvalue weighted by atomic mass is 16.3. The summed E-state index contributed by atoms with van der Waals surface area (Å²) in [6.07, 6.45) is 9.59. The molecule has 88 valence electrons. The quantitative estimate of drug-likeness (QED) is 0.758. The Bertz CT molecular complexity index is 199. The predicted molar refractivity (Wildman–Crippen MR) is 62.9 cm³/mol. The highest BCUT2D eigenvalue weighted by Gasteiger charge is 2.33. The molecule has 0 amide bonds. The molecule has 0 aromatic rings. The minimum Gasteiger partial charge on any atom is -0.390 e. The van der Waals surface area contributed by atoms with Gasteiger partial charge in [-0.2, -0.15) is 0 Å². The fourth-order valence-corrected chi connectivity index (χ4v) is 3.39. The molecule has 2 rings (SSSR count). The molecule has 1 N–H and O–H groups in total. The lowest BCUT2D eigenvalue weighted by Gasteiger charge is -2.38. The highest BCUT2D eigenvalue weighted by molar-refractivity contribution is 4.86. The van der Waals surface area contributed by atoms with E-state index in [0.29, 0.717) is 0 Å². The maximum atomic E-state index is 10.5. The van der Waals surface area contributed by atoms with Gasteiger partial charge in [-0.15, -0.1) is 0 Å². The summed E-state index contributed by atoms with van der Waals surface area (Å²) in [5.74, 6) is 0.742. The third kappa shape index (κ3) is 3.18. The van der Waals surface area contributed by atoms with Crippen LogP contribution in [0.1, 0.15) is 51.4 Å². The predicted octanol–water partition coefficient (Wildman–Crippen LogP) is 2.41. The highest BCUT2D eigenvalue weighted by Crippen LogP contribution is 2.35. The molecule has 1 unspecified atom stereocenters. The van der Waals surface area contributed by atoms with Crippen molar-refractivity contribution in [3.05, 3.63) is 0 Å². The first kappa shape index (κ1) is 11.4. The van der Waals surface area contributed by atoms with E-state index < -0.39 is 0 Å². The van der Waals surface area contributed by atoms with Crippen molar-refractivity contribution < 1.29 is 5.11 Å². The van der Waals surface area contributed by atoms with Crippen molar-refractivity contribution in [2.24, 2.45) is 5.92 Å². The van der Waals surface area contributed by atoms with Gasteiger partial charge in [0.15, 0.2) is 0 Å². The number of rotatable bonds is 2. The topological polar surface area (TPSA) is 23.5 Å². The third-order valence-electron chi connectivity index (χ3n) is 4.17. The first-order valence-corrected chi connectivity index (χ1v) is 6.59. The molecular formula is C13H25NO. The van der Waals surface area contributed by atoms with Crippen LogP contribution in [0.4, 0.5) is 0 Å². The summed E-state index contributed by atoms with van der Waals surface area (Å²) in [6.45, 7) is 2.44. The molecular weight excluding hydrogens is 186 g/mol. The Kier molecular flexibility index (Phi) is 3.68. The summed E-state index contributed by atoms with van der Waals surface area (Å²) < 4.78 is 0. The zero-order valence-corrected chi connectivity index (χ0v) is 10.0. The summed E-state index contributed by atoms with van der Waals surface area (Å²) >= 11 is 0. The Balaban J connectivity index is 1.83. The molecule has 0 aromatic heterocycles. The minimum atomic E-state index is -0.304. The van der Waals surface area contributed by atoms with E-state index in [-0.39, 0.29) is 5.60 Å². The first-order valence-electron chi connectivity index (χ1n) is 6.59. The van der Waals surface area contributed by atoms with Crippen molar-refractivity contribution in [1.82, 2.24) is 4.90 Å². The second kappa shape index (κ2) is 4.84. The maximum Gasteiger partial charge on any atom is 0.0651 e. The van der Waals surface area contributed by atoms with Gasteiger partial charge in [0.2, 0.25) is 0 Å². The Hall–Kier alpha value is -0.0800. The molecule has 2 fully saturated rings.